The number of halogens is 1. The summed E-state index contributed by atoms with van der Waals surface area (Å²) in [6.07, 6.45) is 0. The van der Waals surface area contributed by atoms with Crippen LogP contribution in [0.3, 0.4) is 0 Å². The van der Waals surface area contributed by atoms with Gasteiger partial charge < -0.3 is 14.5 Å². The van der Waals surface area contributed by atoms with Crippen molar-refractivity contribution in [3.63, 3.8) is 0 Å². The molecule has 0 saturated heterocycles. The highest BCUT2D eigenvalue weighted by atomic mass is 35.5. The normalized spacial score (nSPS) is 10.5. The van der Waals surface area contributed by atoms with E-state index in [4.69, 9.17) is 21.1 Å². The molecule has 0 bridgehead atoms. The number of Topliss-reactive ketones (excluding diaryl/α,β-unsaturated/α-hetero) is 1. The summed E-state index contributed by atoms with van der Waals surface area (Å²) in [5, 5.41) is 0.635. The lowest BCUT2D eigenvalue weighted by molar-refractivity contribution is 0.0522. The van der Waals surface area contributed by atoms with Gasteiger partial charge >= 0.3 is 5.97 Å². The number of rotatable bonds is 6. The molecule has 2 rings (SSSR count). The molecule has 1 N–H and O–H groups in total. The van der Waals surface area contributed by atoms with Crippen LogP contribution >= 0.6 is 11.6 Å². The van der Waals surface area contributed by atoms with Crippen molar-refractivity contribution in [2.24, 2.45) is 0 Å². The smallest absolute Gasteiger partial charge is 0.340 e. The van der Waals surface area contributed by atoms with E-state index in [1.54, 1.807) is 39.0 Å². The number of ether oxygens (including phenoxy) is 2. The fourth-order valence-corrected chi connectivity index (χ4v) is 2.63. The van der Waals surface area contributed by atoms with Gasteiger partial charge in [-0.1, -0.05) is 11.6 Å². The molecule has 0 amide bonds. The molecule has 0 atom stereocenters. The Labute approximate surface area is 145 Å². The molecule has 0 unspecified atom stereocenters. The Bertz CT molecular complexity index is 780. The van der Waals surface area contributed by atoms with E-state index in [9.17, 15) is 9.59 Å². The minimum absolute atomic E-state index is 0.175. The van der Waals surface area contributed by atoms with Crippen LogP contribution < -0.4 is 4.74 Å². The lowest BCUT2D eigenvalue weighted by Gasteiger charge is -2.09. The third-order valence-electron chi connectivity index (χ3n) is 3.63. The van der Waals surface area contributed by atoms with Crippen molar-refractivity contribution < 1.29 is 19.1 Å². The second kappa shape index (κ2) is 7.53. The van der Waals surface area contributed by atoms with Crippen molar-refractivity contribution in [3.8, 4) is 5.75 Å². The first-order valence-corrected chi connectivity index (χ1v) is 8.01. The highest BCUT2D eigenvalue weighted by Crippen LogP contribution is 2.23. The number of aromatic amines is 1. The molecule has 6 heteroatoms. The van der Waals surface area contributed by atoms with Crippen LogP contribution in [0.15, 0.2) is 18.2 Å². The van der Waals surface area contributed by atoms with E-state index in [-0.39, 0.29) is 24.6 Å². The highest BCUT2D eigenvalue weighted by molar-refractivity contribution is 6.31. The molecule has 0 aliphatic heterocycles. The van der Waals surface area contributed by atoms with Crippen molar-refractivity contribution in [2.75, 3.05) is 13.2 Å². The van der Waals surface area contributed by atoms with Crippen LogP contribution in [0.25, 0.3) is 0 Å². The zero-order valence-corrected chi connectivity index (χ0v) is 14.9. The molecule has 1 aromatic carbocycles. The number of carbonyl (C=O) groups excluding carboxylic acids is 2. The van der Waals surface area contributed by atoms with Gasteiger partial charge in [-0.3, -0.25) is 4.79 Å². The summed E-state index contributed by atoms with van der Waals surface area (Å²) in [5.74, 6) is -0.245. The van der Waals surface area contributed by atoms with Crippen LogP contribution in [0.2, 0.25) is 5.02 Å². The maximum atomic E-state index is 12.6. The Balaban J connectivity index is 2.20. The summed E-state index contributed by atoms with van der Waals surface area (Å²) in [6.45, 7) is 7.13. The van der Waals surface area contributed by atoms with Gasteiger partial charge in [0.1, 0.15) is 5.75 Å². The molecule has 0 aliphatic carbocycles. The van der Waals surface area contributed by atoms with E-state index >= 15 is 0 Å². The Morgan fingerprint density at radius 3 is 2.42 bits per heavy atom. The van der Waals surface area contributed by atoms with Crippen molar-refractivity contribution in [3.05, 3.63) is 51.3 Å². The van der Waals surface area contributed by atoms with Gasteiger partial charge in [0.2, 0.25) is 5.78 Å². The monoisotopic (exact) mass is 349 g/mol. The largest absolute Gasteiger partial charge is 0.485 e. The number of aromatic nitrogens is 1. The molecule has 24 heavy (non-hydrogen) atoms. The van der Waals surface area contributed by atoms with Gasteiger partial charge in [-0.2, -0.15) is 0 Å². The van der Waals surface area contributed by atoms with Crippen LogP contribution in [-0.2, 0) is 4.74 Å². The summed E-state index contributed by atoms with van der Waals surface area (Å²) in [7, 11) is 0. The van der Waals surface area contributed by atoms with Gasteiger partial charge in [0.25, 0.3) is 0 Å². The molecule has 0 radical (unpaired) electrons. The van der Waals surface area contributed by atoms with E-state index in [1.807, 2.05) is 6.92 Å². The Kier molecular flexibility index (Phi) is 5.67. The molecule has 128 valence electrons. The molecule has 1 heterocycles. The fourth-order valence-electron chi connectivity index (χ4n) is 2.52. The van der Waals surface area contributed by atoms with Crippen LogP contribution in [0.4, 0.5) is 0 Å². The number of hydrogen-bond donors (Lipinski definition) is 1. The topological polar surface area (TPSA) is 68.4 Å². The third kappa shape index (κ3) is 3.79. The summed E-state index contributed by atoms with van der Waals surface area (Å²) in [6, 6.07) is 5.17. The second-order valence-electron chi connectivity index (χ2n) is 5.47. The van der Waals surface area contributed by atoms with Crippen molar-refractivity contribution in [1.29, 1.82) is 0 Å². The molecule has 5 nitrogen and oxygen atoms in total. The molecule has 0 spiro atoms. The van der Waals surface area contributed by atoms with E-state index < -0.39 is 5.97 Å². The number of aryl methyl sites for hydroxylation is 3. The molecule has 0 fully saturated rings. The quantitative estimate of drug-likeness (QED) is 0.631. The number of carbonyl (C=O) groups is 2. The Hall–Kier alpha value is -2.27. The van der Waals surface area contributed by atoms with Gasteiger partial charge in [0.05, 0.1) is 17.7 Å². The fraction of sp³-hybridized carbons (Fsp3) is 0.333. The van der Waals surface area contributed by atoms with Crippen LogP contribution in [0.5, 0.6) is 5.75 Å². The molecule has 0 aliphatic rings. The Morgan fingerprint density at radius 2 is 1.79 bits per heavy atom. The maximum absolute atomic E-state index is 12.6. The first-order valence-electron chi connectivity index (χ1n) is 7.63. The standard InChI is InChI=1S/C18H20ClNO4/c1-5-23-18(22)17-12(4)20-11(3)16(17)15(21)9-24-13-6-7-14(19)10(2)8-13/h6-8,20H,5,9H2,1-4H3. The zero-order chi connectivity index (χ0) is 17.9. The van der Waals surface area contributed by atoms with Crippen molar-refractivity contribution in [1.82, 2.24) is 4.98 Å². The number of ketones is 1. The molecule has 2 aromatic rings. The highest BCUT2D eigenvalue weighted by Gasteiger charge is 2.25. The summed E-state index contributed by atoms with van der Waals surface area (Å²) in [4.78, 5) is 27.7. The average Bonchev–Trinajstić information content (AvgIpc) is 2.83. The number of hydrogen-bond acceptors (Lipinski definition) is 4. The molecule has 1 aromatic heterocycles. The number of benzene rings is 1. The summed E-state index contributed by atoms with van der Waals surface area (Å²) in [5.41, 5.74) is 2.68. The predicted molar refractivity (Wildman–Crippen MR) is 92.2 cm³/mol. The van der Waals surface area contributed by atoms with Gasteiger partial charge in [-0.25, -0.2) is 4.79 Å². The van der Waals surface area contributed by atoms with Crippen LogP contribution in [0, 0.1) is 20.8 Å². The van der Waals surface area contributed by atoms with E-state index in [2.05, 4.69) is 4.98 Å². The van der Waals surface area contributed by atoms with Gasteiger partial charge in [-0.15, -0.1) is 0 Å². The van der Waals surface area contributed by atoms with Gasteiger partial charge in [-0.05, 0) is 51.5 Å². The maximum Gasteiger partial charge on any atom is 0.340 e. The van der Waals surface area contributed by atoms with E-state index in [1.165, 1.54) is 0 Å². The van der Waals surface area contributed by atoms with Crippen molar-refractivity contribution in [2.45, 2.75) is 27.7 Å². The second-order valence-corrected chi connectivity index (χ2v) is 5.88. The first kappa shape index (κ1) is 18.1. The van der Waals surface area contributed by atoms with Gasteiger partial charge in [0.15, 0.2) is 6.61 Å². The molecule has 0 saturated carbocycles. The summed E-state index contributed by atoms with van der Waals surface area (Å²) >= 11 is 5.97. The van der Waals surface area contributed by atoms with E-state index in [0.717, 1.165) is 5.56 Å². The van der Waals surface area contributed by atoms with Crippen LogP contribution in [0.1, 0.15) is 44.6 Å². The number of esters is 1. The third-order valence-corrected chi connectivity index (χ3v) is 4.06. The van der Waals surface area contributed by atoms with Crippen molar-refractivity contribution >= 4 is 23.4 Å². The average molecular weight is 350 g/mol. The first-order chi connectivity index (χ1) is 11.3. The molecular formula is C18H20ClNO4. The number of H-pyrrole nitrogens is 1. The van der Waals surface area contributed by atoms with Crippen LogP contribution in [-0.4, -0.2) is 30.0 Å². The lowest BCUT2D eigenvalue weighted by Crippen LogP contribution is -2.17. The van der Waals surface area contributed by atoms with Gasteiger partial charge in [0, 0.05) is 16.4 Å². The minimum atomic E-state index is -0.509. The predicted octanol–water partition coefficient (Wildman–Crippen LogP) is 4.03. The molecular weight excluding hydrogens is 330 g/mol. The SMILES string of the molecule is CCOC(=O)c1c(C)[nH]c(C)c1C(=O)COc1ccc(Cl)c(C)c1. The number of nitrogens with one attached hydrogen (secondary N) is 1. The zero-order valence-electron chi connectivity index (χ0n) is 14.2. The lowest BCUT2D eigenvalue weighted by atomic mass is 10.1. The summed E-state index contributed by atoms with van der Waals surface area (Å²) < 4.78 is 10.6. The Morgan fingerprint density at radius 1 is 1.12 bits per heavy atom. The minimum Gasteiger partial charge on any atom is -0.485 e. The van der Waals surface area contributed by atoms with E-state index in [0.29, 0.717) is 27.7 Å².